The van der Waals surface area contributed by atoms with Crippen LogP contribution in [-0.2, 0) is 4.74 Å². The van der Waals surface area contributed by atoms with Gasteiger partial charge in [0.15, 0.2) is 5.82 Å². The average molecular weight is 369 g/mol. The molecule has 0 spiro atoms. The molecule has 4 rings (SSSR count). The molecule has 3 heterocycles. The third-order valence-electron chi connectivity index (χ3n) is 5.55. The largest absolute Gasteiger partial charge is 0.378 e. The number of urea groups is 1. The van der Waals surface area contributed by atoms with Crippen molar-refractivity contribution in [2.45, 2.75) is 25.8 Å². The zero-order valence-electron chi connectivity index (χ0n) is 16.1. The molecule has 0 saturated carbocycles. The Morgan fingerprint density at radius 2 is 1.85 bits per heavy atom. The number of para-hydroxylation sites is 2. The molecule has 27 heavy (non-hydrogen) atoms. The summed E-state index contributed by atoms with van der Waals surface area (Å²) in [5, 5.41) is 0. The normalized spacial score (nSPS) is 20.7. The molecule has 2 fully saturated rings. The fraction of sp³-hybridized carbons (Fsp3) is 0.550. The average Bonchev–Trinajstić information content (AvgIpc) is 2.73. The van der Waals surface area contributed by atoms with E-state index in [9.17, 15) is 4.79 Å². The van der Waals surface area contributed by atoms with Gasteiger partial charge in [-0.2, -0.15) is 0 Å². The second-order valence-corrected chi connectivity index (χ2v) is 7.36. The van der Waals surface area contributed by atoms with Crippen molar-refractivity contribution in [3.05, 3.63) is 30.0 Å². The molecule has 7 nitrogen and oxygen atoms in total. The molecule has 7 heteroatoms. The van der Waals surface area contributed by atoms with Gasteiger partial charge in [-0.1, -0.05) is 12.1 Å². The number of likely N-dealkylation sites (N-methyl/N-ethyl adjacent to an activating group) is 1. The van der Waals surface area contributed by atoms with Crippen LogP contribution in [0.5, 0.6) is 0 Å². The predicted molar refractivity (Wildman–Crippen MR) is 105 cm³/mol. The van der Waals surface area contributed by atoms with Crippen molar-refractivity contribution in [1.82, 2.24) is 19.8 Å². The number of piperidine rings is 1. The first kappa shape index (κ1) is 18.0. The molecular weight excluding hydrogens is 342 g/mol. The lowest BCUT2D eigenvalue weighted by molar-refractivity contribution is 0.0414. The van der Waals surface area contributed by atoms with E-state index in [0.29, 0.717) is 26.3 Å². The van der Waals surface area contributed by atoms with Gasteiger partial charge < -0.3 is 19.4 Å². The Hall–Kier alpha value is -2.41. The van der Waals surface area contributed by atoms with Crippen LogP contribution in [-0.4, -0.2) is 78.3 Å². The monoisotopic (exact) mass is 369 g/mol. The second-order valence-electron chi connectivity index (χ2n) is 7.36. The van der Waals surface area contributed by atoms with E-state index in [-0.39, 0.29) is 12.1 Å². The summed E-state index contributed by atoms with van der Waals surface area (Å²) in [6.45, 7) is 6.36. The number of carbonyl (C=O) groups is 1. The maximum Gasteiger partial charge on any atom is 0.320 e. The number of nitrogens with zero attached hydrogens (tertiary/aromatic N) is 5. The fourth-order valence-corrected chi connectivity index (χ4v) is 3.98. The molecule has 1 aromatic heterocycles. The zero-order chi connectivity index (χ0) is 18.8. The van der Waals surface area contributed by atoms with Crippen LogP contribution in [0.3, 0.4) is 0 Å². The standard InChI is InChI=1S/C20H27N5O2/c1-15-19(22-18-8-4-3-7-17(18)21-15)25-9-5-6-16(14-25)23(2)20(26)24-10-12-27-13-11-24/h3-4,7-8,16H,5-6,9-14H2,1-2H3. The summed E-state index contributed by atoms with van der Waals surface area (Å²) < 4.78 is 5.36. The van der Waals surface area contributed by atoms with E-state index in [2.05, 4.69) is 4.90 Å². The molecular formula is C20H27N5O2. The van der Waals surface area contributed by atoms with Crippen LogP contribution in [0.25, 0.3) is 11.0 Å². The van der Waals surface area contributed by atoms with Gasteiger partial charge in [-0.3, -0.25) is 0 Å². The van der Waals surface area contributed by atoms with Crippen molar-refractivity contribution in [3.8, 4) is 0 Å². The molecule has 0 aliphatic carbocycles. The van der Waals surface area contributed by atoms with Gasteiger partial charge in [0.1, 0.15) is 0 Å². The first-order chi connectivity index (χ1) is 13.1. The molecule has 0 N–H and O–H groups in total. The van der Waals surface area contributed by atoms with E-state index in [4.69, 9.17) is 14.7 Å². The van der Waals surface area contributed by atoms with E-state index < -0.39 is 0 Å². The van der Waals surface area contributed by atoms with Gasteiger partial charge in [-0.15, -0.1) is 0 Å². The summed E-state index contributed by atoms with van der Waals surface area (Å²) >= 11 is 0. The quantitative estimate of drug-likeness (QED) is 0.813. The van der Waals surface area contributed by atoms with Crippen LogP contribution < -0.4 is 4.90 Å². The number of ether oxygens (including phenoxy) is 1. The minimum Gasteiger partial charge on any atom is -0.378 e. The van der Waals surface area contributed by atoms with Crippen LogP contribution in [0.4, 0.5) is 10.6 Å². The second kappa shape index (κ2) is 7.68. The van der Waals surface area contributed by atoms with Gasteiger partial charge in [-0.05, 0) is 31.9 Å². The SMILES string of the molecule is Cc1nc2ccccc2nc1N1CCCC(N(C)C(=O)N2CCOCC2)C1. The van der Waals surface area contributed by atoms with Crippen molar-refractivity contribution in [1.29, 1.82) is 0 Å². The molecule has 0 bridgehead atoms. The lowest BCUT2D eigenvalue weighted by atomic mass is 10.0. The van der Waals surface area contributed by atoms with Crippen molar-refractivity contribution in [2.24, 2.45) is 0 Å². The number of fused-ring (bicyclic) bond motifs is 1. The number of carbonyl (C=O) groups excluding carboxylic acids is 1. The van der Waals surface area contributed by atoms with Crippen LogP contribution in [0.1, 0.15) is 18.5 Å². The molecule has 2 saturated heterocycles. The summed E-state index contributed by atoms with van der Waals surface area (Å²) in [4.78, 5) is 28.5. The van der Waals surface area contributed by atoms with Gasteiger partial charge in [0.2, 0.25) is 0 Å². The Morgan fingerprint density at radius 1 is 1.15 bits per heavy atom. The highest BCUT2D eigenvalue weighted by Gasteiger charge is 2.30. The number of morpholine rings is 1. The van der Waals surface area contributed by atoms with Gasteiger partial charge in [0, 0.05) is 33.2 Å². The molecule has 1 aromatic carbocycles. The summed E-state index contributed by atoms with van der Waals surface area (Å²) in [6.07, 6.45) is 2.06. The highest BCUT2D eigenvalue weighted by atomic mass is 16.5. The van der Waals surface area contributed by atoms with Crippen molar-refractivity contribution < 1.29 is 9.53 Å². The van der Waals surface area contributed by atoms with Crippen LogP contribution in [0.2, 0.25) is 0 Å². The molecule has 1 atom stereocenters. The zero-order valence-corrected chi connectivity index (χ0v) is 16.1. The maximum atomic E-state index is 12.8. The number of aryl methyl sites for hydroxylation is 1. The van der Waals surface area contributed by atoms with Crippen molar-refractivity contribution >= 4 is 22.9 Å². The first-order valence-corrected chi connectivity index (χ1v) is 9.71. The number of anilines is 1. The summed E-state index contributed by atoms with van der Waals surface area (Å²) in [5.41, 5.74) is 2.78. The molecule has 1 unspecified atom stereocenters. The number of hydrogen-bond acceptors (Lipinski definition) is 5. The number of amides is 2. The third kappa shape index (κ3) is 3.69. The van der Waals surface area contributed by atoms with Crippen LogP contribution in [0, 0.1) is 6.92 Å². The van der Waals surface area contributed by atoms with E-state index in [1.54, 1.807) is 0 Å². The smallest absolute Gasteiger partial charge is 0.320 e. The van der Waals surface area contributed by atoms with Gasteiger partial charge in [-0.25, -0.2) is 14.8 Å². The maximum absolute atomic E-state index is 12.8. The molecule has 144 valence electrons. The summed E-state index contributed by atoms with van der Waals surface area (Å²) in [7, 11) is 1.92. The summed E-state index contributed by atoms with van der Waals surface area (Å²) in [5.74, 6) is 0.936. The molecule has 2 aromatic rings. The van der Waals surface area contributed by atoms with Crippen molar-refractivity contribution in [2.75, 3.05) is 51.3 Å². The molecule has 2 aliphatic rings. The number of rotatable bonds is 2. The van der Waals surface area contributed by atoms with E-state index >= 15 is 0 Å². The van der Waals surface area contributed by atoms with E-state index in [1.165, 1.54) is 0 Å². The molecule has 2 aliphatic heterocycles. The topological polar surface area (TPSA) is 61.8 Å². The van der Waals surface area contributed by atoms with Crippen LogP contribution >= 0.6 is 0 Å². The van der Waals surface area contributed by atoms with Gasteiger partial charge in [0.25, 0.3) is 0 Å². The van der Waals surface area contributed by atoms with Gasteiger partial charge in [0.05, 0.1) is 36.0 Å². The number of hydrogen-bond donors (Lipinski definition) is 0. The minimum atomic E-state index is 0.103. The first-order valence-electron chi connectivity index (χ1n) is 9.71. The molecule has 0 radical (unpaired) electrons. The van der Waals surface area contributed by atoms with E-state index in [1.807, 2.05) is 48.0 Å². The third-order valence-corrected chi connectivity index (χ3v) is 5.55. The Labute approximate surface area is 159 Å². The Balaban J connectivity index is 1.51. The highest BCUT2D eigenvalue weighted by Crippen LogP contribution is 2.25. The number of benzene rings is 1. The highest BCUT2D eigenvalue weighted by molar-refractivity contribution is 5.77. The fourth-order valence-electron chi connectivity index (χ4n) is 3.98. The Kier molecular flexibility index (Phi) is 5.11. The Morgan fingerprint density at radius 3 is 2.59 bits per heavy atom. The predicted octanol–water partition coefficient (Wildman–Crippen LogP) is 2.29. The van der Waals surface area contributed by atoms with Crippen molar-refractivity contribution in [3.63, 3.8) is 0 Å². The molecule has 2 amide bonds. The Bertz CT molecular complexity index is 821. The lowest BCUT2D eigenvalue weighted by Gasteiger charge is -2.40. The van der Waals surface area contributed by atoms with E-state index in [0.717, 1.165) is 48.5 Å². The lowest BCUT2D eigenvalue weighted by Crippen LogP contribution is -2.54. The number of aromatic nitrogens is 2. The minimum absolute atomic E-state index is 0.103. The van der Waals surface area contributed by atoms with Gasteiger partial charge >= 0.3 is 6.03 Å². The van der Waals surface area contributed by atoms with Crippen LogP contribution in [0.15, 0.2) is 24.3 Å². The summed E-state index contributed by atoms with van der Waals surface area (Å²) in [6, 6.07) is 8.25.